The van der Waals surface area contributed by atoms with Crippen LogP contribution in [0.5, 0.6) is 0 Å². The van der Waals surface area contributed by atoms with Gasteiger partial charge in [0.15, 0.2) is 5.84 Å². The molecule has 0 fully saturated rings. The van der Waals surface area contributed by atoms with Gasteiger partial charge >= 0.3 is 0 Å². The summed E-state index contributed by atoms with van der Waals surface area (Å²) < 4.78 is 16.1. The van der Waals surface area contributed by atoms with Gasteiger partial charge in [0.25, 0.3) is 0 Å². The van der Waals surface area contributed by atoms with E-state index in [-0.39, 0.29) is 12.0 Å². The van der Waals surface area contributed by atoms with Gasteiger partial charge in [0.05, 0.1) is 33.9 Å². The number of aromatic nitrogens is 1. The summed E-state index contributed by atoms with van der Waals surface area (Å²) >= 11 is 0. The molecule has 1 aliphatic rings. The third kappa shape index (κ3) is 5.81. The van der Waals surface area contributed by atoms with Crippen LogP contribution in [0, 0.1) is 5.92 Å². The summed E-state index contributed by atoms with van der Waals surface area (Å²) in [4.78, 5) is 11.4. The number of hydrogen-bond donors (Lipinski definition) is 0. The van der Waals surface area contributed by atoms with E-state index in [1.54, 1.807) is 0 Å². The Balaban J connectivity index is 1.07. The number of furan rings is 2. The van der Waals surface area contributed by atoms with E-state index in [0.29, 0.717) is 5.84 Å². The standard InChI is InChI=1S/C62H41N3O2/c1-2-44-59(42-22-14-21-39(32-42)37-16-4-3-5-17-37)63-62(64-60(44)49-27-15-26-47-46-24-10-12-28-54(46)67-61(47)49)43-35-53(58-48-25-11-13-29-55(48)66-56(58)36-43)65-51-31-30-38-18-8-9-23-45(38)57(51)50-33-40-19-6-7-20-41(40)34-52(50)65/h3-36,44,60H,2H2,1H3. The summed E-state index contributed by atoms with van der Waals surface area (Å²) in [7, 11) is 0. The van der Waals surface area contributed by atoms with Crippen molar-refractivity contribution in [1.82, 2.24) is 4.57 Å². The summed E-state index contributed by atoms with van der Waals surface area (Å²) in [5, 5.41) is 11.6. The molecule has 4 heterocycles. The summed E-state index contributed by atoms with van der Waals surface area (Å²) in [5.74, 6) is 0.616. The molecule has 10 aromatic carbocycles. The average Bonchev–Trinajstić information content (AvgIpc) is 4.07. The molecule has 2 unspecified atom stereocenters. The largest absolute Gasteiger partial charge is 0.456 e. The van der Waals surface area contributed by atoms with E-state index in [0.717, 1.165) is 101 Å². The monoisotopic (exact) mass is 859 g/mol. The number of para-hydroxylation sites is 3. The highest BCUT2D eigenvalue weighted by atomic mass is 16.3. The molecule has 5 nitrogen and oxygen atoms in total. The molecule has 0 saturated heterocycles. The van der Waals surface area contributed by atoms with Crippen molar-refractivity contribution in [2.75, 3.05) is 0 Å². The second kappa shape index (κ2) is 14.7. The fraction of sp³-hybridized carbons (Fsp3) is 0.0645. The van der Waals surface area contributed by atoms with Crippen molar-refractivity contribution in [3.8, 4) is 16.8 Å². The molecule has 13 aromatic rings. The van der Waals surface area contributed by atoms with Gasteiger partial charge in [-0.15, -0.1) is 0 Å². The van der Waals surface area contributed by atoms with E-state index in [4.69, 9.17) is 18.8 Å². The number of fused-ring (bicyclic) bond motifs is 12. The summed E-state index contributed by atoms with van der Waals surface area (Å²) in [6, 6.07) is 73.4. The third-order valence-corrected chi connectivity index (χ3v) is 14.2. The molecule has 0 N–H and O–H groups in total. The summed E-state index contributed by atoms with van der Waals surface area (Å²) in [5.41, 5.74) is 12.9. The van der Waals surface area contributed by atoms with Crippen molar-refractivity contribution < 1.29 is 8.83 Å². The van der Waals surface area contributed by atoms with Gasteiger partial charge in [0, 0.05) is 44.0 Å². The Bertz CT molecular complexity index is 4220. The van der Waals surface area contributed by atoms with E-state index >= 15 is 0 Å². The van der Waals surface area contributed by atoms with Gasteiger partial charge < -0.3 is 13.4 Å². The van der Waals surface area contributed by atoms with Crippen molar-refractivity contribution in [1.29, 1.82) is 0 Å². The topological polar surface area (TPSA) is 55.9 Å². The van der Waals surface area contributed by atoms with Gasteiger partial charge in [-0.25, -0.2) is 4.99 Å². The van der Waals surface area contributed by atoms with Gasteiger partial charge in [-0.2, -0.15) is 0 Å². The molecule has 0 spiro atoms. The molecular weight excluding hydrogens is 819 g/mol. The van der Waals surface area contributed by atoms with Gasteiger partial charge in [-0.1, -0.05) is 165 Å². The van der Waals surface area contributed by atoms with Crippen LogP contribution in [0.15, 0.2) is 225 Å². The molecule has 2 atom stereocenters. The maximum Gasteiger partial charge on any atom is 0.155 e. The maximum atomic E-state index is 6.88. The first-order valence-electron chi connectivity index (χ1n) is 23.2. The highest BCUT2D eigenvalue weighted by Crippen LogP contribution is 2.45. The normalized spacial score (nSPS) is 15.5. The van der Waals surface area contributed by atoms with Crippen LogP contribution in [-0.2, 0) is 0 Å². The van der Waals surface area contributed by atoms with E-state index < -0.39 is 0 Å². The highest BCUT2D eigenvalue weighted by molar-refractivity contribution is 6.25. The number of hydrogen-bond acceptors (Lipinski definition) is 4. The van der Waals surface area contributed by atoms with Gasteiger partial charge in [0.2, 0.25) is 0 Å². The van der Waals surface area contributed by atoms with Crippen molar-refractivity contribution in [2.45, 2.75) is 19.4 Å². The van der Waals surface area contributed by atoms with Crippen LogP contribution in [0.2, 0.25) is 0 Å². The average molecular weight is 860 g/mol. The predicted octanol–water partition coefficient (Wildman–Crippen LogP) is 16.6. The Morgan fingerprint density at radius 1 is 0.448 bits per heavy atom. The smallest absolute Gasteiger partial charge is 0.155 e. The lowest BCUT2D eigenvalue weighted by Crippen LogP contribution is -2.28. The fourth-order valence-corrected chi connectivity index (χ4v) is 11.1. The molecule has 316 valence electrons. The molecule has 3 aromatic heterocycles. The summed E-state index contributed by atoms with van der Waals surface area (Å²) in [6.07, 6.45) is 0.823. The summed E-state index contributed by atoms with van der Waals surface area (Å²) in [6.45, 7) is 2.25. The van der Waals surface area contributed by atoms with Crippen LogP contribution < -0.4 is 0 Å². The molecule has 0 aliphatic carbocycles. The maximum absolute atomic E-state index is 6.88. The lowest BCUT2D eigenvalue weighted by Gasteiger charge is -2.30. The number of rotatable bonds is 6. The van der Waals surface area contributed by atoms with Crippen LogP contribution in [0.1, 0.15) is 36.1 Å². The van der Waals surface area contributed by atoms with Crippen LogP contribution >= 0.6 is 0 Å². The Labute approximate surface area is 385 Å². The molecule has 14 rings (SSSR count). The van der Waals surface area contributed by atoms with Crippen molar-refractivity contribution in [2.24, 2.45) is 15.9 Å². The number of benzene rings is 10. The first-order valence-corrected chi connectivity index (χ1v) is 23.2. The van der Waals surface area contributed by atoms with Crippen molar-refractivity contribution in [3.63, 3.8) is 0 Å². The Morgan fingerprint density at radius 2 is 1.12 bits per heavy atom. The minimum absolute atomic E-state index is 0.0399. The molecule has 0 amide bonds. The second-order valence-corrected chi connectivity index (χ2v) is 17.9. The molecule has 0 saturated carbocycles. The van der Waals surface area contributed by atoms with Gasteiger partial charge in [-0.05, 0) is 93.2 Å². The molecule has 5 heteroatoms. The number of aliphatic imine (C=N–C) groups is 2. The van der Waals surface area contributed by atoms with Crippen LogP contribution in [0.3, 0.4) is 0 Å². The highest BCUT2D eigenvalue weighted by Gasteiger charge is 2.34. The van der Waals surface area contributed by atoms with E-state index in [1.807, 2.05) is 12.1 Å². The zero-order chi connectivity index (χ0) is 44.2. The van der Waals surface area contributed by atoms with E-state index in [9.17, 15) is 0 Å². The van der Waals surface area contributed by atoms with E-state index in [2.05, 4.69) is 206 Å². The van der Waals surface area contributed by atoms with Crippen molar-refractivity contribution in [3.05, 3.63) is 223 Å². The zero-order valence-electron chi connectivity index (χ0n) is 36.6. The minimum Gasteiger partial charge on any atom is -0.456 e. The Kier molecular flexibility index (Phi) is 8.32. The zero-order valence-corrected chi connectivity index (χ0v) is 36.6. The third-order valence-electron chi connectivity index (χ3n) is 14.2. The quantitative estimate of drug-likeness (QED) is 0.167. The van der Waals surface area contributed by atoms with E-state index in [1.165, 1.54) is 32.3 Å². The van der Waals surface area contributed by atoms with Crippen LogP contribution in [-0.4, -0.2) is 16.1 Å². The first-order chi connectivity index (χ1) is 33.2. The van der Waals surface area contributed by atoms with Crippen molar-refractivity contribution >= 4 is 98.8 Å². The Hall–Kier alpha value is -8.54. The predicted molar refractivity (Wildman–Crippen MR) is 278 cm³/mol. The second-order valence-electron chi connectivity index (χ2n) is 17.9. The fourth-order valence-electron chi connectivity index (χ4n) is 11.1. The Morgan fingerprint density at radius 3 is 1.96 bits per heavy atom. The van der Waals surface area contributed by atoms with Gasteiger partial charge in [0.1, 0.15) is 22.3 Å². The number of amidine groups is 1. The SMILES string of the molecule is CCC1C(c2cccc(-c3ccccc3)c2)=NC(c2cc(-n3c4cc5ccccc5cc4c4c5ccccc5ccc43)c3c(c2)oc2ccccc23)=NC1c1cccc2c1oc1ccccc12. The lowest BCUT2D eigenvalue weighted by atomic mass is 9.82. The molecule has 0 bridgehead atoms. The lowest BCUT2D eigenvalue weighted by molar-refractivity contribution is 0.527. The van der Waals surface area contributed by atoms with Crippen LogP contribution in [0.4, 0.5) is 0 Å². The minimum atomic E-state index is -0.294. The number of nitrogens with zero attached hydrogens (tertiary/aromatic N) is 3. The molecule has 67 heavy (non-hydrogen) atoms. The van der Waals surface area contributed by atoms with Gasteiger partial charge in [-0.3, -0.25) is 4.99 Å². The molecule has 1 aliphatic heterocycles. The molecular formula is C62H41N3O2. The van der Waals surface area contributed by atoms with Crippen LogP contribution in [0.25, 0.3) is 104 Å². The first kappa shape index (κ1) is 37.8. The molecule has 0 radical (unpaired) electrons.